The quantitative estimate of drug-likeness (QED) is 0.218. The zero-order valence-corrected chi connectivity index (χ0v) is 31.5. The smallest absolute Gasteiger partial charge is 0.262 e. The second kappa shape index (κ2) is 13.9. The van der Waals surface area contributed by atoms with Gasteiger partial charge in [-0.25, -0.2) is 0 Å². The van der Waals surface area contributed by atoms with E-state index in [2.05, 4.69) is 72.6 Å². The molecule has 49 heavy (non-hydrogen) atoms. The number of carbonyl (C=O) groups excluding carboxylic acids is 3. The molecule has 0 fully saturated rings. The Hall–Kier alpha value is -3.63. The number of Topliss-reactive ketones (excluding diaryl/α,β-unsaturated/α-hetero) is 2. The van der Waals surface area contributed by atoms with Crippen LogP contribution in [-0.2, 0) is 20.9 Å². The lowest BCUT2D eigenvalue weighted by Crippen LogP contribution is -2.44. The molecular weight excluding hydrogens is 751 g/mol. The summed E-state index contributed by atoms with van der Waals surface area (Å²) < 4.78 is 12.9. The number of hydrogen-bond acceptors (Lipinski definition) is 6. The van der Waals surface area contributed by atoms with Crippen molar-refractivity contribution in [2.24, 2.45) is 10.8 Å². The minimum Gasteiger partial charge on any atom is -0.490 e. The Labute approximate surface area is 307 Å². The first kappa shape index (κ1) is 35.2. The van der Waals surface area contributed by atoms with Gasteiger partial charge in [0.05, 0.1) is 20.9 Å². The fourth-order valence-electron chi connectivity index (χ4n) is 7.38. The number of rotatable bonds is 9. The van der Waals surface area contributed by atoms with Crippen LogP contribution < -0.4 is 14.8 Å². The first-order valence-electron chi connectivity index (χ1n) is 16.7. The van der Waals surface area contributed by atoms with E-state index in [0.29, 0.717) is 62.9 Å². The molecule has 0 saturated heterocycles. The maximum Gasteiger partial charge on any atom is 0.262 e. The van der Waals surface area contributed by atoms with Crippen LogP contribution >= 0.6 is 34.2 Å². The van der Waals surface area contributed by atoms with Gasteiger partial charge in [-0.2, -0.15) is 0 Å². The van der Waals surface area contributed by atoms with Crippen molar-refractivity contribution in [3.63, 3.8) is 0 Å². The van der Waals surface area contributed by atoms with E-state index in [-0.39, 0.29) is 34.9 Å². The number of ketones is 2. The Morgan fingerprint density at radius 1 is 0.878 bits per heavy atom. The average molecular weight is 793 g/mol. The predicted octanol–water partition coefficient (Wildman–Crippen LogP) is 9.25. The summed E-state index contributed by atoms with van der Waals surface area (Å²) in [5, 5.41) is 3.22. The van der Waals surface area contributed by atoms with Gasteiger partial charge >= 0.3 is 0 Å². The molecule has 1 aliphatic heterocycles. The molecule has 256 valence electrons. The molecule has 0 aromatic heterocycles. The molecule has 1 amide bonds. The van der Waals surface area contributed by atoms with Crippen molar-refractivity contribution in [2.75, 3.05) is 18.5 Å². The van der Waals surface area contributed by atoms with Crippen molar-refractivity contribution >= 4 is 57.4 Å². The fraction of sp³-hybridized carbons (Fsp3) is 0.375. The molecule has 2 aliphatic carbocycles. The monoisotopic (exact) mass is 792 g/mol. The number of nitrogens with one attached hydrogen (secondary N) is 1. The number of halogens is 2. The number of para-hydroxylation sites is 1. The van der Waals surface area contributed by atoms with Crippen molar-refractivity contribution in [3.05, 3.63) is 109 Å². The molecular formula is C40H42ClIN2O5. The van der Waals surface area contributed by atoms with Gasteiger partial charge in [0.25, 0.3) is 5.91 Å². The third-order valence-corrected chi connectivity index (χ3v) is 10.5. The Morgan fingerprint density at radius 2 is 1.47 bits per heavy atom. The van der Waals surface area contributed by atoms with Gasteiger partial charge in [-0.05, 0) is 88.6 Å². The van der Waals surface area contributed by atoms with Crippen LogP contribution in [0.2, 0.25) is 5.02 Å². The van der Waals surface area contributed by atoms with Crippen LogP contribution in [0.4, 0.5) is 5.69 Å². The van der Waals surface area contributed by atoms with Crippen LogP contribution in [0.5, 0.6) is 11.5 Å². The molecule has 0 saturated carbocycles. The summed E-state index contributed by atoms with van der Waals surface area (Å²) in [6.45, 7) is 11.2. The highest BCUT2D eigenvalue weighted by Gasteiger charge is 2.49. The highest BCUT2D eigenvalue weighted by molar-refractivity contribution is 14.1. The number of hydrogen-bond donors (Lipinski definition) is 1. The Morgan fingerprint density at radius 3 is 2.06 bits per heavy atom. The topological polar surface area (TPSA) is 84.9 Å². The van der Waals surface area contributed by atoms with Crippen molar-refractivity contribution < 1.29 is 23.9 Å². The minimum atomic E-state index is -0.533. The van der Waals surface area contributed by atoms with Gasteiger partial charge in [-0.3, -0.25) is 14.4 Å². The number of amides is 1. The number of nitrogens with zero attached hydrogens (tertiary/aromatic N) is 1. The summed E-state index contributed by atoms with van der Waals surface area (Å²) in [5.74, 6) is 0.132. The minimum absolute atomic E-state index is 0.0723. The lowest BCUT2D eigenvalue weighted by molar-refractivity contribution is -0.120. The highest BCUT2D eigenvalue weighted by Crippen LogP contribution is 2.55. The molecule has 0 unspecified atom stereocenters. The molecule has 1 N–H and O–H groups in total. The second-order valence-corrected chi connectivity index (χ2v) is 16.3. The van der Waals surface area contributed by atoms with Gasteiger partial charge in [0.15, 0.2) is 29.7 Å². The van der Waals surface area contributed by atoms with Gasteiger partial charge in [0.1, 0.15) is 0 Å². The second-order valence-electron chi connectivity index (χ2n) is 14.7. The van der Waals surface area contributed by atoms with E-state index in [9.17, 15) is 14.4 Å². The lowest BCUT2D eigenvalue weighted by Gasteiger charge is -2.49. The van der Waals surface area contributed by atoms with E-state index < -0.39 is 5.92 Å². The van der Waals surface area contributed by atoms with Gasteiger partial charge in [-0.15, -0.1) is 0 Å². The zero-order chi connectivity index (χ0) is 35.1. The van der Waals surface area contributed by atoms with Gasteiger partial charge in [0.2, 0.25) is 0 Å². The van der Waals surface area contributed by atoms with Crippen molar-refractivity contribution in [3.8, 4) is 11.5 Å². The van der Waals surface area contributed by atoms with Crippen LogP contribution in [0, 0.1) is 14.4 Å². The van der Waals surface area contributed by atoms with Gasteiger partial charge in [-0.1, -0.05) is 81.8 Å². The summed E-state index contributed by atoms with van der Waals surface area (Å²) in [7, 11) is 0. The van der Waals surface area contributed by atoms with E-state index in [1.807, 2.05) is 37.3 Å². The fourth-order valence-corrected chi connectivity index (χ4v) is 8.35. The van der Waals surface area contributed by atoms with E-state index >= 15 is 0 Å². The maximum atomic E-state index is 14.3. The molecule has 3 aromatic carbocycles. The first-order chi connectivity index (χ1) is 23.3. The van der Waals surface area contributed by atoms with Crippen LogP contribution in [-0.4, -0.2) is 35.6 Å². The summed E-state index contributed by atoms with van der Waals surface area (Å²) in [6.07, 6.45) is 2.25. The van der Waals surface area contributed by atoms with Crippen LogP contribution in [0.3, 0.4) is 0 Å². The van der Waals surface area contributed by atoms with E-state index in [0.717, 1.165) is 35.4 Å². The van der Waals surface area contributed by atoms with Crippen LogP contribution in [0.1, 0.15) is 77.3 Å². The van der Waals surface area contributed by atoms with Crippen molar-refractivity contribution in [1.82, 2.24) is 4.90 Å². The highest BCUT2D eigenvalue weighted by atomic mass is 127. The van der Waals surface area contributed by atoms with Crippen LogP contribution in [0.15, 0.2) is 89.3 Å². The molecule has 3 aliphatic rings. The maximum absolute atomic E-state index is 14.3. The van der Waals surface area contributed by atoms with E-state index in [1.165, 1.54) is 0 Å². The lowest BCUT2D eigenvalue weighted by atomic mass is 9.63. The number of ether oxygens (including phenoxy) is 2. The number of anilines is 1. The summed E-state index contributed by atoms with van der Waals surface area (Å²) >= 11 is 8.42. The largest absolute Gasteiger partial charge is 0.490 e. The molecule has 9 heteroatoms. The molecule has 0 bridgehead atoms. The third-order valence-electron chi connectivity index (χ3n) is 9.37. The predicted molar refractivity (Wildman–Crippen MR) is 201 cm³/mol. The van der Waals surface area contributed by atoms with Crippen LogP contribution in [0.25, 0.3) is 0 Å². The normalized spacial score (nSPS) is 18.6. The summed E-state index contributed by atoms with van der Waals surface area (Å²) in [4.78, 5) is 43.8. The van der Waals surface area contributed by atoms with E-state index in [1.54, 1.807) is 24.3 Å². The SMILES string of the molecule is CCOc1cc(C2C3=C(CC(C)(C)CC3=O)N(Cc3ccccc3)C3=C2C(=O)CC(C)(C)C3)cc(I)c1OCC(=O)Nc1ccccc1Cl. The van der Waals surface area contributed by atoms with Crippen molar-refractivity contribution in [2.45, 2.75) is 72.8 Å². The van der Waals surface area contributed by atoms with Gasteiger partial charge < -0.3 is 19.7 Å². The molecule has 7 nitrogen and oxygen atoms in total. The number of benzene rings is 3. The number of carbonyl (C=O) groups is 3. The molecule has 1 heterocycles. The zero-order valence-electron chi connectivity index (χ0n) is 28.6. The van der Waals surface area contributed by atoms with Crippen molar-refractivity contribution in [1.29, 1.82) is 0 Å². The Kier molecular flexibility index (Phi) is 10.0. The number of allylic oxidation sites excluding steroid dienone is 4. The molecule has 6 rings (SSSR count). The van der Waals surface area contributed by atoms with Gasteiger partial charge in [0, 0.05) is 47.8 Å². The molecule has 3 aromatic rings. The summed E-state index contributed by atoms with van der Waals surface area (Å²) in [5.41, 5.74) is 5.39. The molecule has 0 spiro atoms. The molecule has 0 radical (unpaired) electrons. The van der Waals surface area contributed by atoms with E-state index in [4.69, 9.17) is 21.1 Å². The molecule has 0 atom stereocenters. The third kappa shape index (κ3) is 7.45. The summed E-state index contributed by atoms with van der Waals surface area (Å²) in [6, 6.07) is 21.1. The average Bonchev–Trinajstić information content (AvgIpc) is 3.02. The standard InChI is InChI=1S/C40H42ClIN2O5/c1-6-48-33-17-25(16-27(42)38(33)49-23-34(47)43-28-15-11-10-14-26(28)41)35-36-29(18-39(2,3)20-31(36)45)44(22-24-12-8-7-9-13-24)30-19-40(4,5)21-32(46)37(30)35/h7-17,35H,6,18-23H2,1-5H3,(H,43,47). The first-order valence-corrected chi connectivity index (χ1v) is 18.2. The Bertz CT molecular complexity index is 1830. The Balaban J connectivity index is 1.44.